The molecule has 2 N–H and O–H groups in total. The summed E-state index contributed by atoms with van der Waals surface area (Å²) in [4.78, 5) is 10.7. The Balaban J connectivity index is 2.50. The van der Waals surface area contributed by atoms with E-state index in [9.17, 15) is 4.79 Å². The second kappa shape index (κ2) is 3.56. The molecule has 1 atom stereocenters. The van der Waals surface area contributed by atoms with Gasteiger partial charge in [0.05, 0.1) is 0 Å². The zero-order valence-electron chi connectivity index (χ0n) is 6.97. The molecule has 2 heteroatoms. The highest BCUT2D eigenvalue weighted by Gasteiger charge is 2.14. The molecule has 1 amide bonds. The number of carbonyl (C=O) groups excluding carboxylic acids is 1. The molecule has 0 bridgehead atoms. The van der Waals surface area contributed by atoms with Gasteiger partial charge in [0, 0.05) is 5.57 Å². The molecule has 1 rings (SSSR count). The smallest absolute Gasteiger partial charge is 0.244 e. The van der Waals surface area contributed by atoms with Crippen molar-refractivity contribution in [3.8, 4) is 0 Å². The van der Waals surface area contributed by atoms with E-state index in [4.69, 9.17) is 5.73 Å². The molecule has 0 aromatic rings. The van der Waals surface area contributed by atoms with Crippen LogP contribution in [0.3, 0.4) is 0 Å². The van der Waals surface area contributed by atoms with Gasteiger partial charge in [0.1, 0.15) is 0 Å². The van der Waals surface area contributed by atoms with Crippen LogP contribution in [0.1, 0.15) is 32.6 Å². The number of hydrogen-bond donors (Lipinski definition) is 1. The predicted molar refractivity (Wildman–Crippen MR) is 44.9 cm³/mol. The summed E-state index contributed by atoms with van der Waals surface area (Å²) in [5.74, 6) is 0.539. The molecule has 0 saturated carbocycles. The number of primary amides is 1. The summed E-state index contributed by atoms with van der Waals surface area (Å²) in [6, 6.07) is 0. The Bertz CT molecular complexity index is 184. The monoisotopic (exact) mass is 153 g/mol. The van der Waals surface area contributed by atoms with Crippen LogP contribution >= 0.6 is 0 Å². The molecule has 0 heterocycles. The van der Waals surface area contributed by atoms with E-state index in [2.05, 4.69) is 6.92 Å². The first-order chi connectivity index (χ1) is 5.24. The predicted octanol–water partition coefficient (Wildman–Crippen LogP) is 1.61. The van der Waals surface area contributed by atoms with E-state index in [1.807, 2.05) is 6.08 Å². The molecule has 1 aliphatic rings. The van der Waals surface area contributed by atoms with Crippen LogP contribution in [-0.2, 0) is 4.79 Å². The molecule has 0 aromatic carbocycles. The van der Waals surface area contributed by atoms with E-state index in [1.54, 1.807) is 0 Å². The lowest BCUT2D eigenvalue weighted by atomic mass is 9.88. The SMILES string of the molecule is CCC1CC=C(C(N)=O)CC1. The first-order valence-corrected chi connectivity index (χ1v) is 4.23. The minimum atomic E-state index is -0.237. The second-order valence-corrected chi connectivity index (χ2v) is 3.14. The quantitative estimate of drug-likeness (QED) is 0.643. The summed E-state index contributed by atoms with van der Waals surface area (Å²) in [5.41, 5.74) is 5.98. The van der Waals surface area contributed by atoms with Crippen molar-refractivity contribution in [2.45, 2.75) is 32.6 Å². The first kappa shape index (κ1) is 8.31. The number of amides is 1. The van der Waals surface area contributed by atoms with Gasteiger partial charge >= 0.3 is 0 Å². The van der Waals surface area contributed by atoms with E-state index < -0.39 is 0 Å². The first-order valence-electron chi connectivity index (χ1n) is 4.23. The maximum absolute atomic E-state index is 10.7. The van der Waals surface area contributed by atoms with Gasteiger partial charge in [-0.05, 0) is 25.2 Å². The van der Waals surface area contributed by atoms with Crippen molar-refractivity contribution in [1.82, 2.24) is 0 Å². The minimum absolute atomic E-state index is 0.237. The molecule has 0 aliphatic heterocycles. The largest absolute Gasteiger partial charge is 0.366 e. The number of rotatable bonds is 2. The van der Waals surface area contributed by atoms with Gasteiger partial charge < -0.3 is 5.73 Å². The van der Waals surface area contributed by atoms with Crippen LogP contribution in [0.15, 0.2) is 11.6 Å². The van der Waals surface area contributed by atoms with Gasteiger partial charge in [-0.25, -0.2) is 0 Å². The van der Waals surface area contributed by atoms with E-state index in [-0.39, 0.29) is 5.91 Å². The van der Waals surface area contributed by atoms with Crippen molar-refractivity contribution >= 4 is 5.91 Å². The van der Waals surface area contributed by atoms with Crippen molar-refractivity contribution in [3.05, 3.63) is 11.6 Å². The van der Waals surface area contributed by atoms with Crippen LogP contribution in [0.4, 0.5) is 0 Å². The summed E-state index contributed by atoms with van der Waals surface area (Å²) in [7, 11) is 0. The van der Waals surface area contributed by atoms with Gasteiger partial charge in [0.15, 0.2) is 0 Å². The number of carbonyl (C=O) groups is 1. The van der Waals surface area contributed by atoms with E-state index in [0.717, 1.165) is 30.8 Å². The molecule has 62 valence electrons. The minimum Gasteiger partial charge on any atom is -0.366 e. The Morgan fingerprint density at radius 1 is 1.82 bits per heavy atom. The van der Waals surface area contributed by atoms with E-state index in [0.29, 0.717) is 0 Å². The van der Waals surface area contributed by atoms with Crippen molar-refractivity contribution in [3.63, 3.8) is 0 Å². The second-order valence-electron chi connectivity index (χ2n) is 3.14. The fraction of sp³-hybridized carbons (Fsp3) is 0.667. The zero-order valence-corrected chi connectivity index (χ0v) is 6.97. The molecular formula is C9H15NO. The number of nitrogens with two attached hydrogens (primary N) is 1. The summed E-state index contributed by atoms with van der Waals surface area (Å²) in [6.45, 7) is 2.19. The Morgan fingerprint density at radius 2 is 2.55 bits per heavy atom. The van der Waals surface area contributed by atoms with Gasteiger partial charge in [0.25, 0.3) is 0 Å². The van der Waals surface area contributed by atoms with Crippen LogP contribution < -0.4 is 5.73 Å². The van der Waals surface area contributed by atoms with Crippen molar-refractivity contribution < 1.29 is 4.79 Å². The highest BCUT2D eigenvalue weighted by Crippen LogP contribution is 2.25. The highest BCUT2D eigenvalue weighted by molar-refractivity contribution is 5.91. The van der Waals surface area contributed by atoms with Gasteiger partial charge in [-0.1, -0.05) is 19.4 Å². The topological polar surface area (TPSA) is 43.1 Å². The van der Waals surface area contributed by atoms with E-state index in [1.165, 1.54) is 6.42 Å². The van der Waals surface area contributed by atoms with Crippen molar-refractivity contribution in [2.24, 2.45) is 11.7 Å². The van der Waals surface area contributed by atoms with Gasteiger partial charge in [-0.2, -0.15) is 0 Å². The maximum atomic E-state index is 10.7. The lowest BCUT2D eigenvalue weighted by molar-refractivity contribution is -0.114. The maximum Gasteiger partial charge on any atom is 0.244 e. The molecular weight excluding hydrogens is 138 g/mol. The third kappa shape index (κ3) is 2.07. The van der Waals surface area contributed by atoms with Crippen LogP contribution in [-0.4, -0.2) is 5.91 Å². The van der Waals surface area contributed by atoms with Crippen LogP contribution in [0.2, 0.25) is 0 Å². The lowest BCUT2D eigenvalue weighted by Crippen LogP contribution is -2.17. The van der Waals surface area contributed by atoms with Crippen LogP contribution in [0.5, 0.6) is 0 Å². The normalized spacial score (nSPS) is 24.5. The Morgan fingerprint density at radius 3 is 2.91 bits per heavy atom. The highest BCUT2D eigenvalue weighted by atomic mass is 16.1. The summed E-state index contributed by atoms with van der Waals surface area (Å²) < 4.78 is 0. The average molecular weight is 153 g/mol. The average Bonchev–Trinajstić information content (AvgIpc) is 2.05. The summed E-state index contributed by atoms with van der Waals surface area (Å²) >= 11 is 0. The van der Waals surface area contributed by atoms with Crippen molar-refractivity contribution in [1.29, 1.82) is 0 Å². The third-order valence-corrected chi connectivity index (χ3v) is 2.41. The van der Waals surface area contributed by atoms with E-state index >= 15 is 0 Å². The molecule has 0 spiro atoms. The third-order valence-electron chi connectivity index (χ3n) is 2.41. The fourth-order valence-electron chi connectivity index (χ4n) is 1.48. The molecule has 0 saturated heterocycles. The molecule has 11 heavy (non-hydrogen) atoms. The van der Waals surface area contributed by atoms with Gasteiger partial charge in [-0.15, -0.1) is 0 Å². The molecule has 1 aliphatic carbocycles. The summed E-state index contributed by atoms with van der Waals surface area (Å²) in [5, 5.41) is 0. The summed E-state index contributed by atoms with van der Waals surface area (Å²) in [6.07, 6.45) is 6.26. The van der Waals surface area contributed by atoms with Crippen LogP contribution in [0.25, 0.3) is 0 Å². The Labute approximate surface area is 67.5 Å². The van der Waals surface area contributed by atoms with Crippen LogP contribution in [0, 0.1) is 5.92 Å². The molecule has 1 unspecified atom stereocenters. The van der Waals surface area contributed by atoms with Gasteiger partial charge in [-0.3, -0.25) is 4.79 Å². The standard InChI is InChI=1S/C9H15NO/c1-2-7-3-5-8(6-4-7)9(10)11/h5,7H,2-4,6H2,1H3,(H2,10,11). The Hall–Kier alpha value is -0.790. The molecule has 0 aromatic heterocycles. The fourth-order valence-corrected chi connectivity index (χ4v) is 1.48. The molecule has 0 fully saturated rings. The molecule has 0 radical (unpaired) electrons. The van der Waals surface area contributed by atoms with Gasteiger partial charge in [0.2, 0.25) is 5.91 Å². The number of allylic oxidation sites excluding steroid dienone is 1. The lowest BCUT2D eigenvalue weighted by Gasteiger charge is -2.18. The van der Waals surface area contributed by atoms with Crippen molar-refractivity contribution in [2.75, 3.05) is 0 Å². The number of hydrogen-bond acceptors (Lipinski definition) is 1. The Kier molecular flexibility index (Phi) is 2.69. The zero-order chi connectivity index (χ0) is 8.27. The molecule has 2 nitrogen and oxygen atoms in total.